The van der Waals surface area contributed by atoms with E-state index in [0.29, 0.717) is 48.8 Å². The minimum Gasteiger partial charge on any atom is -0.339 e. The van der Waals surface area contributed by atoms with Gasteiger partial charge in [-0.1, -0.05) is 17.7 Å². The highest BCUT2D eigenvalue weighted by atomic mass is 35.5. The van der Waals surface area contributed by atoms with Crippen LogP contribution in [0.5, 0.6) is 0 Å². The predicted molar refractivity (Wildman–Crippen MR) is 116 cm³/mol. The number of halogens is 2. The second-order valence-corrected chi connectivity index (χ2v) is 9.04. The van der Waals surface area contributed by atoms with Crippen molar-refractivity contribution in [2.45, 2.75) is 45.3 Å². The minimum atomic E-state index is -0.263. The number of piperidine rings is 1. The molecular formula is C22H34ClFN4O. The largest absolute Gasteiger partial charge is 0.339 e. The monoisotopic (exact) mass is 424 g/mol. The van der Waals surface area contributed by atoms with E-state index in [2.05, 4.69) is 35.6 Å². The lowest BCUT2D eigenvalue weighted by molar-refractivity contribution is -0.134. The smallest absolute Gasteiger partial charge is 0.236 e. The first-order valence-electron chi connectivity index (χ1n) is 10.7. The first-order valence-corrected chi connectivity index (χ1v) is 11.1. The molecule has 3 rings (SSSR count). The van der Waals surface area contributed by atoms with E-state index in [1.54, 1.807) is 12.1 Å². The zero-order valence-electron chi connectivity index (χ0n) is 17.9. The van der Waals surface area contributed by atoms with E-state index in [4.69, 9.17) is 11.6 Å². The van der Waals surface area contributed by atoms with Gasteiger partial charge in [-0.15, -0.1) is 0 Å². The lowest BCUT2D eigenvalue weighted by atomic mass is 10.0. The van der Waals surface area contributed by atoms with Crippen molar-refractivity contribution in [1.82, 2.24) is 19.6 Å². The molecule has 1 aromatic rings. The summed E-state index contributed by atoms with van der Waals surface area (Å²) in [5, 5.41) is 0.466. The van der Waals surface area contributed by atoms with Gasteiger partial charge in [0, 0.05) is 55.4 Å². The average Bonchev–Trinajstić information content (AvgIpc) is 2.71. The van der Waals surface area contributed by atoms with Gasteiger partial charge in [-0.05, 0) is 59.0 Å². The van der Waals surface area contributed by atoms with Gasteiger partial charge in [0.05, 0.1) is 6.54 Å². The summed E-state index contributed by atoms with van der Waals surface area (Å²) in [5.41, 5.74) is 0.543. The molecule has 2 saturated heterocycles. The van der Waals surface area contributed by atoms with Crippen LogP contribution in [0.2, 0.25) is 5.02 Å². The van der Waals surface area contributed by atoms with Crippen LogP contribution in [-0.4, -0.2) is 90.5 Å². The van der Waals surface area contributed by atoms with E-state index in [9.17, 15) is 9.18 Å². The summed E-state index contributed by atoms with van der Waals surface area (Å²) in [6.45, 7) is 10.5. The SMILES string of the molecule is CC(C)N1CCC(N(C)CC(=O)N2CCN(Cc3c(F)cccc3Cl)CC2)CC1. The number of benzene rings is 1. The van der Waals surface area contributed by atoms with E-state index < -0.39 is 0 Å². The first-order chi connectivity index (χ1) is 13.8. The maximum atomic E-state index is 14.0. The van der Waals surface area contributed by atoms with Crippen molar-refractivity contribution in [3.8, 4) is 0 Å². The van der Waals surface area contributed by atoms with Gasteiger partial charge in [0.1, 0.15) is 5.82 Å². The van der Waals surface area contributed by atoms with Crippen LogP contribution in [0.15, 0.2) is 18.2 Å². The molecule has 0 aliphatic carbocycles. The molecule has 29 heavy (non-hydrogen) atoms. The number of likely N-dealkylation sites (N-methyl/N-ethyl adjacent to an activating group) is 1. The third-order valence-corrected chi connectivity index (χ3v) is 6.76. The Morgan fingerprint density at radius 2 is 1.83 bits per heavy atom. The van der Waals surface area contributed by atoms with Crippen molar-refractivity contribution in [1.29, 1.82) is 0 Å². The molecule has 0 atom stereocenters. The van der Waals surface area contributed by atoms with Crippen molar-refractivity contribution in [3.63, 3.8) is 0 Å². The van der Waals surface area contributed by atoms with Crippen LogP contribution in [0.1, 0.15) is 32.3 Å². The third-order valence-electron chi connectivity index (χ3n) is 6.41. The Labute approximate surface area is 179 Å². The highest BCUT2D eigenvalue weighted by molar-refractivity contribution is 6.31. The van der Waals surface area contributed by atoms with Crippen LogP contribution in [0.3, 0.4) is 0 Å². The number of hydrogen-bond donors (Lipinski definition) is 0. The van der Waals surface area contributed by atoms with Crippen molar-refractivity contribution in [2.24, 2.45) is 0 Å². The lowest BCUT2D eigenvalue weighted by Crippen LogP contribution is -2.52. The molecule has 0 unspecified atom stereocenters. The molecule has 0 N–H and O–H groups in total. The van der Waals surface area contributed by atoms with Crippen molar-refractivity contribution >= 4 is 17.5 Å². The maximum Gasteiger partial charge on any atom is 0.236 e. The Kier molecular flexibility index (Phi) is 7.91. The number of carbonyl (C=O) groups is 1. The molecule has 1 amide bonds. The molecule has 0 radical (unpaired) electrons. The Hall–Kier alpha value is -1.21. The molecule has 0 aromatic heterocycles. The molecule has 2 aliphatic rings. The van der Waals surface area contributed by atoms with Gasteiger partial charge >= 0.3 is 0 Å². The van der Waals surface area contributed by atoms with E-state index in [1.165, 1.54) is 6.07 Å². The van der Waals surface area contributed by atoms with Gasteiger partial charge in [-0.25, -0.2) is 4.39 Å². The highest BCUT2D eigenvalue weighted by Gasteiger charge is 2.27. The summed E-state index contributed by atoms with van der Waals surface area (Å²) < 4.78 is 14.0. The topological polar surface area (TPSA) is 30.0 Å². The molecule has 5 nitrogen and oxygen atoms in total. The molecule has 162 valence electrons. The summed E-state index contributed by atoms with van der Waals surface area (Å²) in [6, 6.07) is 5.88. The Morgan fingerprint density at radius 3 is 2.41 bits per heavy atom. The molecule has 2 fully saturated rings. The standard InChI is InChI=1S/C22H34ClFN4O/c1-17(2)27-9-7-18(8-10-27)25(3)16-22(29)28-13-11-26(12-14-28)15-19-20(23)5-4-6-21(19)24/h4-6,17-18H,7-16H2,1-3H3. The molecule has 0 bridgehead atoms. The van der Waals surface area contributed by atoms with Gasteiger partial charge < -0.3 is 9.80 Å². The van der Waals surface area contributed by atoms with Crippen molar-refractivity contribution < 1.29 is 9.18 Å². The quantitative estimate of drug-likeness (QED) is 0.702. The summed E-state index contributed by atoms with van der Waals surface area (Å²) >= 11 is 6.15. The molecule has 2 aliphatic heterocycles. The third kappa shape index (κ3) is 5.91. The number of carbonyl (C=O) groups excluding carboxylic acids is 1. The molecule has 0 spiro atoms. The molecular weight excluding hydrogens is 391 g/mol. The molecule has 1 aromatic carbocycles. The fourth-order valence-electron chi connectivity index (χ4n) is 4.35. The second kappa shape index (κ2) is 10.2. The summed E-state index contributed by atoms with van der Waals surface area (Å²) in [7, 11) is 2.07. The fourth-order valence-corrected chi connectivity index (χ4v) is 4.57. The van der Waals surface area contributed by atoms with Gasteiger partial charge in [-0.2, -0.15) is 0 Å². The highest BCUT2D eigenvalue weighted by Crippen LogP contribution is 2.22. The van der Waals surface area contributed by atoms with Crippen LogP contribution in [0.25, 0.3) is 0 Å². The molecule has 7 heteroatoms. The zero-order chi connectivity index (χ0) is 21.0. The van der Waals surface area contributed by atoms with E-state index >= 15 is 0 Å². The van der Waals surface area contributed by atoms with Gasteiger partial charge in [0.25, 0.3) is 0 Å². The normalized spacial score (nSPS) is 20.0. The van der Waals surface area contributed by atoms with Crippen molar-refractivity contribution in [2.75, 3.05) is 52.9 Å². The minimum absolute atomic E-state index is 0.197. The number of amides is 1. The zero-order valence-corrected chi connectivity index (χ0v) is 18.7. The Morgan fingerprint density at radius 1 is 1.17 bits per heavy atom. The summed E-state index contributed by atoms with van der Waals surface area (Å²) in [4.78, 5) is 21.6. The van der Waals surface area contributed by atoms with Crippen LogP contribution in [0, 0.1) is 5.82 Å². The Bertz CT molecular complexity index is 665. The number of piperazine rings is 1. The van der Waals surface area contributed by atoms with Crippen LogP contribution >= 0.6 is 11.6 Å². The number of likely N-dealkylation sites (tertiary alicyclic amines) is 1. The second-order valence-electron chi connectivity index (χ2n) is 8.63. The van der Waals surface area contributed by atoms with E-state index in [-0.39, 0.29) is 11.7 Å². The summed E-state index contributed by atoms with van der Waals surface area (Å²) in [5.74, 6) is -0.0662. The lowest BCUT2D eigenvalue weighted by Gasteiger charge is -2.39. The van der Waals surface area contributed by atoms with E-state index in [1.807, 2.05) is 4.90 Å². The fraction of sp³-hybridized carbons (Fsp3) is 0.682. The molecule has 2 heterocycles. The van der Waals surface area contributed by atoms with Crippen LogP contribution < -0.4 is 0 Å². The van der Waals surface area contributed by atoms with Crippen molar-refractivity contribution in [3.05, 3.63) is 34.6 Å². The Balaban J connectivity index is 1.43. The maximum absolute atomic E-state index is 14.0. The van der Waals surface area contributed by atoms with Crippen LogP contribution in [0.4, 0.5) is 4.39 Å². The van der Waals surface area contributed by atoms with Gasteiger partial charge in [0.2, 0.25) is 5.91 Å². The summed E-state index contributed by atoms with van der Waals surface area (Å²) in [6.07, 6.45) is 2.25. The molecule has 0 saturated carbocycles. The van der Waals surface area contributed by atoms with Gasteiger partial charge in [0.15, 0.2) is 0 Å². The number of rotatable bonds is 6. The first kappa shape index (κ1) is 22.5. The predicted octanol–water partition coefficient (Wildman–Crippen LogP) is 2.93. The van der Waals surface area contributed by atoms with Gasteiger partial charge in [-0.3, -0.25) is 14.6 Å². The number of hydrogen-bond acceptors (Lipinski definition) is 4. The number of nitrogens with zero attached hydrogens (tertiary/aromatic N) is 4. The van der Waals surface area contributed by atoms with Crippen LogP contribution in [-0.2, 0) is 11.3 Å². The average molecular weight is 425 g/mol. The van der Waals surface area contributed by atoms with E-state index in [0.717, 1.165) is 39.0 Å².